The third-order valence-corrected chi connectivity index (χ3v) is 2.66. The Morgan fingerprint density at radius 1 is 1.38 bits per heavy atom. The van der Waals surface area contributed by atoms with Crippen LogP contribution in [0.2, 0.25) is 0 Å². The van der Waals surface area contributed by atoms with Crippen molar-refractivity contribution in [2.24, 2.45) is 5.92 Å². The minimum absolute atomic E-state index is 0.105. The molecule has 7 nitrogen and oxygen atoms in total. The van der Waals surface area contributed by atoms with Crippen molar-refractivity contribution < 1.29 is 24.6 Å². The highest BCUT2D eigenvalue weighted by atomic mass is 16.4. The lowest BCUT2D eigenvalue weighted by Crippen LogP contribution is -2.46. The van der Waals surface area contributed by atoms with Crippen LogP contribution in [-0.4, -0.2) is 52.2 Å². The van der Waals surface area contributed by atoms with E-state index in [1.54, 1.807) is 6.92 Å². The molecule has 1 heterocycles. The third-order valence-electron chi connectivity index (χ3n) is 2.66. The lowest BCUT2D eigenvalue weighted by molar-refractivity contribution is -0.149. The van der Waals surface area contributed by atoms with Crippen LogP contribution in [0.15, 0.2) is 0 Å². The van der Waals surface area contributed by atoms with E-state index in [0.717, 1.165) is 0 Å². The van der Waals surface area contributed by atoms with Gasteiger partial charge in [-0.05, 0) is 12.3 Å². The molecule has 0 bridgehead atoms. The number of likely N-dealkylation sites (tertiary alicyclic amines) is 1. The summed E-state index contributed by atoms with van der Waals surface area (Å²) in [4.78, 5) is 33.9. The Balaban J connectivity index is 2.61. The summed E-state index contributed by atoms with van der Waals surface area (Å²) in [5.74, 6) is -1.65. The Hall–Kier alpha value is -1.79. The number of carbonyl (C=O) groups is 3. The van der Waals surface area contributed by atoms with Crippen LogP contribution in [0.4, 0.5) is 4.79 Å². The minimum Gasteiger partial charge on any atom is -0.480 e. The average molecular weight is 230 g/mol. The summed E-state index contributed by atoms with van der Waals surface area (Å²) >= 11 is 0. The van der Waals surface area contributed by atoms with Gasteiger partial charge in [-0.25, -0.2) is 9.59 Å². The predicted octanol–water partition coefficient (Wildman–Crippen LogP) is -0.424. The molecule has 1 aliphatic heterocycles. The van der Waals surface area contributed by atoms with Crippen molar-refractivity contribution in [3.63, 3.8) is 0 Å². The Labute approximate surface area is 92.0 Å². The first-order valence-electron chi connectivity index (χ1n) is 4.92. The first kappa shape index (κ1) is 12.3. The molecule has 3 N–H and O–H groups in total. The molecule has 0 aliphatic carbocycles. The Bertz CT molecular complexity index is 317. The van der Waals surface area contributed by atoms with Gasteiger partial charge in [0.15, 0.2) is 0 Å². The monoisotopic (exact) mass is 230 g/mol. The summed E-state index contributed by atoms with van der Waals surface area (Å²) in [7, 11) is 0. The highest BCUT2D eigenvalue weighted by Gasteiger charge is 2.39. The fraction of sp³-hybridized carbons (Fsp3) is 0.667. The average Bonchev–Trinajstić information content (AvgIpc) is 2.56. The van der Waals surface area contributed by atoms with Crippen molar-refractivity contribution in [3.05, 3.63) is 0 Å². The molecule has 1 aliphatic rings. The van der Waals surface area contributed by atoms with Gasteiger partial charge in [0.2, 0.25) is 5.91 Å². The SMILES string of the molecule is CC1CCN(C(=O)CNC(=O)O)C1C(=O)O. The molecule has 0 spiro atoms. The van der Waals surface area contributed by atoms with Crippen LogP contribution in [0.3, 0.4) is 0 Å². The largest absolute Gasteiger partial charge is 0.480 e. The van der Waals surface area contributed by atoms with Gasteiger partial charge in [-0.3, -0.25) is 4.79 Å². The highest BCUT2D eigenvalue weighted by Crippen LogP contribution is 2.23. The number of nitrogens with one attached hydrogen (secondary N) is 1. The molecule has 2 atom stereocenters. The number of carbonyl (C=O) groups excluding carboxylic acids is 1. The van der Waals surface area contributed by atoms with Crippen molar-refractivity contribution in [2.75, 3.05) is 13.1 Å². The van der Waals surface area contributed by atoms with Gasteiger partial charge >= 0.3 is 12.1 Å². The molecule has 1 rings (SSSR count). The van der Waals surface area contributed by atoms with E-state index in [1.165, 1.54) is 4.90 Å². The van der Waals surface area contributed by atoms with E-state index in [-0.39, 0.29) is 12.5 Å². The van der Waals surface area contributed by atoms with Crippen LogP contribution in [-0.2, 0) is 9.59 Å². The molecule has 0 aromatic heterocycles. The smallest absolute Gasteiger partial charge is 0.405 e. The number of nitrogens with zero attached hydrogens (tertiary/aromatic N) is 1. The van der Waals surface area contributed by atoms with Crippen LogP contribution in [0.1, 0.15) is 13.3 Å². The zero-order valence-corrected chi connectivity index (χ0v) is 8.84. The summed E-state index contributed by atoms with van der Waals surface area (Å²) in [6.45, 7) is 1.74. The summed E-state index contributed by atoms with van der Waals surface area (Å²) in [6.07, 6.45) is -0.678. The molecule has 16 heavy (non-hydrogen) atoms. The van der Waals surface area contributed by atoms with Crippen molar-refractivity contribution in [3.8, 4) is 0 Å². The molecule has 0 saturated carbocycles. The van der Waals surface area contributed by atoms with Crippen LogP contribution in [0.5, 0.6) is 0 Å². The van der Waals surface area contributed by atoms with Gasteiger partial charge < -0.3 is 20.4 Å². The van der Waals surface area contributed by atoms with E-state index in [9.17, 15) is 14.4 Å². The number of hydrogen-bond acceptors (Lipinski definition) is 3. The quantitative estimate of drug-likeness (QED) is 0.610. The normalized spacial score (nSPS) is 24.2. The fourth-order valence-electron chi connectivity index (χ4n) is 1.86. The number of carboxylic acids is 1. The van der Waals surface area contributed by atoms with Gasteiger partial charge in [-0.1, -0.05) is 6.92 Å². The fourth-order valence-corrected chi connectivity index (χ4v) is 1.86. The van der Waals surface area contributed by atoms with E-state index in [2.05, 4.69) is 0 Å². The summed E-state index contributed by atoms with van der Waals surface area (Å²) in [5, 5.41) is 19.2. The molecule has 90 valence electrons. The maximum absolute atomic E-state index is 11.5. The van der Waals surface area contributed by atoms with Crippen LogP contribution in [0, 0.1) is 5.92 Å². The second-order valence-electron chi connectivity index (χ2n) is 3.79. The lowest BCUT2D eigenvalue weighted by atomic mass is 10.0. The van der Waals surface area contributed by atoms with Gasteiger partial charge in [0.25, 0.3) is 0 Å². The van der Waals surface area contributed by atoms with Gasteiger partial charge in [-0.15, -0.1) is 0 Å². The van der Waals surface area contributed by atoms with Crippen molar-refractivity contribution >= 4 is 18.0 Å². The first-order valence-corrected chi connectivity index (χ1v) is 4.92. The summed E-state index contributed by atoms with van der Waals surface area (Å²) < 4.78 is 0. The molecule has 7 heteroatoms. The predicted molar refractivity (Wildman–Crippen MR) is 52.9 cm³/mol. The topological polar surface area (TPSA) is 107 Å². The number of carboxylic acid groups (broad SMARTS) is 2. The second-order valence-corrected chi connectivity index (χ2v) is 3.79. The molecule has 0 aromatic carbocycles. The second kappa shape index (κ2) is 4.82. The summed E-state index contributed by atoms with van der Waals surface area (Å²) in [5.41, 5.74) is 0. The molecule has 0 aromatic rings. The van der Waals surface area contributed by atoms with E-state index in [0.29, 0.717) is 13.0 Å². The zero-order chi connectivity index (χ0) is 12.3. The molecule has 2 amide bonds. The number of amides is 2. The van der Waals surface area contributed by atoms with E-state index in [1.807, 2.05) is 5.32 Å². The van der Waals surface area contributed by atoms with Crippen LogP contribution in [0.25, 0.3) is 0 Å². The van der Waals surface area contributed by atoms with Crippen molar-refractivity contribution in [1.82, 2.24) is 10.2 Å². The van der Waals surface area contributed by atoms with Gasteiger partial charge in [0.1, 0.15) is 12.6 Å². The molecule has 1 saturated heterocycles. The van der Waals surface area contributed by atoms with Gasteiger partial charge in [-0.2, -0.15) is 0 Å². The highest BCUT2D eigenvalue weighted by molar-refractivity contribution is 5.87. The molecular formula is C9H14N2O5. The molecule has 0 radical (unpaired) electrons. The number of hydrogen-bond donors (Lipinski definition) is 3. The number of aliphatic carboxylic acids is 1. The Kier molecular flexibility index (Phi) is 3.70. The van der Waals surface area contributed by atoms with E-state index >= 15 is 0 Å². The molecule has 2 unspecified atom stereocenters. The van der Waals surface area contributed by atoms with Crippen molar-refractivity contribution in [2.45, 2.75) is 19.4 Å². The third kappa shape index (κ3) is 2.62. The van der Waals surface area contributed by atoms with Gasteiger partial charge in [0, 0.05) is 6.54 Å². The maximum atomic E-state index is 11.5. The minimum atomic E-state index is -1.30. The van der Waals surface area contributed by atoms with Crippen molar-refractivity contribution in [1.29, 1.82) is 0 Å². The number of rotatable bonds is 3. The maximum Gasteiger partial charge on any atom is 0.405 e. The Morgan fingerprint density at radius 3 is 2.50 bits per heavy atom. The Morgan fingerprint density at radius 2 is 2.00 bits per heavy atom. The summed E-state index contributed by atoms with van der Waals surface area (Å²) in [6, 6.07) is -0.844. The zero-order valence-electron chi connectivity index (χ0n) is 8.84. The van der Waals surface area contributed by atoms with E-state index in [4.69, 9.17) is 10.2 Å². The first-order chi connectivity index (χ1) is 7.43. The van der Waals surface area contributed by atoms with Gasteiger partial charge in [0.05, 0.1) is 0 Å². The molecular weight excluding hydrogens is 216 g/mol. The lowest BCUT2D eigenvalue weighted by Gasteiger charge is -2.23. The van der Waals surface area contributed by atoms with Crippen LogP contribution < -0.4 is 5.32 Å². The van der Waals surface area contributed by atoms with E-state index < -0.39 is 24.0 Å². The standard InChI is InChI=1S/C9H14N2O5/c1-5-2-3-11(7(5)8(13)14)6(12)4-10-9(15)16/h5,7,10H,2-4H2,1H3,(H,13,14)(H,15,16). The van der Waals surface area contributed by atoms with Crippen LogP contribution >= 0.6 is 0 Å². The molecule has 1 fully saturated rings.